The molecular weight excluding hydrogens is 334 g/mol. The van der Waals surface area contributed by atoms with E-state index in [0.717, 1.165) is 0 Å². The Bertz CT molecular complexity index is 592. The molecule has 1 aliphatic heterocycles. The molecule has 2 rings (SSSR count). The van der Waals surface area contributed by atoms with Crippen LogP contribution in [0.5, 0.6) is 0 Å². The predicted molar refractivity (Wildman–Crippen MR) is 90.2 cm³/mol. The number of rotatable bonds is 3. The van der Waals surface area contributed by atoms with Crippen LogP contribution in [0.2, 0.25) is 0 Å². The number of hydrogen-bond acceptors (Lipinski definition) is 3. The molecule has 0 bridgehead atoms. The van der Waals surface area contributed by atoms with Gasteiger partial charge in [-0.15, -0.1) is 0 Å². The second-order valence-corrected chi connectivity index (χ2v) is 7.80. The van der Waals surface area contributed by atoms with Crippen LogP contribution in [0.15, 0.2) is 29.2 Å². The average Bonchev–Trinajstić information content (AvgIpc) is 2.53. The van der Waals surface area contributed by atoms with Crippen LogP contribution in [-0.4, -0.2) is 53.6 Å². The molecule has 1 fully saturated rings. The van der Waals surface area contributed by atoms with Crippen LogP contribution < -0.4 is 0 Å². The van der Waals surface area contributed by atoms with Crippen molar-refractivity contribution in [1.29, 1.82) is 0 Å². The van der Waals surface area contributed by atoms with Gasteiger partial charge in [0, 0.05) is 42.1 Å². The number of alkyl halides is 2. The van der Waals surface area contributed by atoms with Gasteiger partial charge in [-0.25, -0.2) is 0 Å². The van der Waals surface area contributed by atoms with Gasteiger partial charge < -0.3 is 9.80 Å². The van der Waals surface area contributed by atoms with E-state index in [2.05, 4.69) is 0 Å². The zero-order chi connectivity index (χ0) is 17.9. The topological polar surface area (TPSA) is 40.6 Å². The van der Waals surface area contributed by atoms with Crippen molar-refractivity contribution in [3.8, 4) is 0 Å². The summed E-state index contributed by atoms with van der Waals surface area (Å²) in [6, 6.07) is 6.20. The van der Waals surface area contributed by atoms with Crippen molar-refractivity contribution in [3.63, 3.8) is 0 Å². The van der Waals surface area contributed by atoms with Crippen molar-refractivity contribution < 1.29 is 18.4 Å². The molecule has 4 nitrogen and oxygen atoms in total. The zero-order valence-electron chi connectivity index (χ0n) is 14.1. The van der Waals surface area contributed by atoms with Crippen molar-refractivity contribution in [2.45, 2.75) is 31.4 Å². The number of amides is 2. The van der Waals surface area contributed by atoms with Gasteiger partial charge in [-0.05, 0) is 24.3 Å². The van der Waals surface area contributed by atoms with Crippen LogP contribution in [0.3, 0.4) is 0 Å². The molecular formula is C17H22F2N2O2S. The lowest BCUT2D eigenvalue weighted by Crippen LogP contribution is -2.53. The molecule has 1 heterocycles. The summed E-state index contributed by atoms with van der Waals surface area (Å²) in [6.45, 7) is 7.63. The van der Waals surface area contributed by atoms with Gasteiger partial charge in [0.2, 0.25) is 5.91 Å². The van der Waals surface area contributed by atoms with E-state index >= 15 is 0 Å². The maximum Gasteiger partial charge on any atom is 0.288 e. The molecule has 0 spiro atoms. The van der Waals surface area contributed by atoms with Crippen LogP contribution in [0.1, 0.15) is 31.1 Å². The van der Waals surface area contributed by atoms with Crippen molar-refractivity contribution >= 4 is 23.6 Å². The number of halogens is 2. The lowest BCUT2D eigenvalue weighted by molar-refractivity contribution is -0.140. The molecule has 132 valence electrons. The van der Waals surface area contributed by atoms with Crippen LogP contribution in [-0.2, 0) is 4.79 Å². The van der Waals surface area contributed by atoms with Crippen molar-refractivity contribution in [2.24, 2.45) is 5.41 Å². The molecule has 0 saturated carbocycles. The molecule has 1 aromatic carbocycles. The highest BCUT2D eigenvalue weighted by molar-refractivity contribution is 7.99. The van der Waals surface area contributed by atoms with Gasteiger partial charge in [-0.1, -0.05) is 32.5 Å². The van der Waals surface area contributed by atoms with Gasteiger partial charge in [0.05, 0.1) is 0 Å². The molecule has 0 unspecified atom stereocenters. The van der Waals surface area contributed by atoms with Crippen LogP contribution in [0.4, 0.5) is 8.78 Å². The number of thioether (sulfide) groups is 1. The molecule has 2 amide bonds. The fourth-order valence-electron chi connectivity index (χ4n) is 2.55. The first-order valence-electron chi connectivity index (χ1n) is 7.82. The van der Waals surface area contributed by atoms with Crippen LogP contribution in [0.25, 0.3) is 0 Å². The molecule has 0 radical (unpaired) electrons. The Kier molecular flexibility index (Phi) is 5.85. The fourth-order valence-corrected chi connectivity index (χ4v) is 3.05. The van der Waals surface area contributed by atoms with Gasteiger partial charge >= 0.3 is 0 Å². The lowest BCUT2D eigenvalue weighted by Gasteiger charge is -2.37. The first kappa shape index (κ1) is 18.7. The normalized spacial score (nSPS) is 15.8. The SMILES string of the molecule is CC(C)(C)C(=O)N1CCN(C(=O)c2ccc(SC(F)F)cc2)CC1. The van der Waals surface area contributed by atoms with E-state index in [-0.39, 0.29) is 11.8 Å². The van der Waals surface area contributed by atoms with Crippen LogP contribution >= 0.6 is 11.8 Å². The Labute approximate surface area is 145 Å². The smallest absolute Gasteiger partial charge is 0.288 e. The minimum Gasteiger partial charge on any atom is -0.339 e. The Morgan fingerprint density at radius 1 is 1.00 bits per heavy atom. The first-order valence-corrected chi connectivity index (χ1v) is 8.70. The van der Waals surface area contributed by atoms with E-state index in [1.807, 2.05) is 20.8 Å². The quantitative estimate of drug-likeness (QED) is 0.780. The maximum absolute atomic E-state index is 12.5. The summed E-state index contributed by atoms with van der Waals surface area (Å²) < 4.78 is 24.6. The highest BCUT2D eigenvalue weighted by Gasteiger charge is 2.31. The molecule has 24 heavy (non-hydrogen) atoms. The minimum absolute atomic E-state index is 0.0861. The monoisotopic (exact) mass is 356 g/mol. The maximum atomic E-state index is 12.5. The highest BCUT2D eigenvalue weighted by Crippen LogP contribution is 2.25. The third-order valence-electron chi connectivity index (χ3n) is 3.82. The Morgan fingerprint density at radius 2 is 1.50 bits per heavy atom. The molecule has 1 aliphatic rings. The molecule has 0 aliphatic carbocycles. The van der Waals surface area contributed by atoms with Crippen molar-refractivity contribution in [2.75, 3.05) is 26.2 Å². The van der Waals surface area contributed by atoms with Gasteiger partial charge in [-0.3, -0.25) is 9.59 Å². The number of benzene rings is 1. The Hall–Kier alpha value is -1.63. The second kappa shape index (κ2) is 7.51. The number of carbonyl (C=O) groups excluding carboxylic acids is 2. The molecule has 0 atom stereocenters. The number of carbonyl (C=O) groups is 2. The van der Waals surface area contributed by atoms with Gasteiger partial charge in [-0.2, -0.15) is 8.78 Å². The fraction of sp³-hybridized carbons (Fsp3) is 0.529. The van der Waals surface area contributed by atoms with E-state index in [4.69, 9.17) is 0 Å². The average molecular weight is 356 g/mol. The van der Waals surface area contributed by atoms with E-state index in [9.17, 15) is 18.4 Å². The summed E-state index contributed by atoms with van der Waals surface area (Å²) in [5.41, 5.74) is 0.0499. The predicted octanol–water partition coefficient (Wildman–Crippen LogP) is 3.33. The summed E-state index contributed by atoms with van der Waals surface area (Å²) in [5, 5.41) is 0. The summed E-state index contributed by atoms with van der Waals surface area (Å²) in [4.78, 5) is 28.6. The largest absolute Gasteiger partial charge is 0.339 e. The standard InChI is InChI=1S/C17H22F2N2O2S/c1-17(2,3)15(23)21-10-8-20(9-11-21)14(22)12-4-6-13(7-5-12)24-16(18)19/h4-7,16H,8-11H2,1-3H3. The third-order valence-corrected chi connectivity index (χ3v) is 4.54. The van der Waals surface area contributed by atoms with Crippen LogP contribution in [0, 0.1) is 5.41 Å². The molecule has 1 aromatic rings. The highest BCUT2D eigenvalue weighted by atomic mass is 32.2. The first-order chi connectivity index (χ1) is 11.2. The van der Waals surface area contributed by atoms with E-state index in [1.165, 1.54) is 12.1 Å². The lowest BCUT2D eigenvalue weighted by atomic mass is 9.94. The second-order valence-electron chi connectivity index (χ2n) is 6.74. The van der Waals surface area contributed by atoms with Gasteiger partial charge in [0.25, 0.3) is 11.7 Å². The molecule has 7 heteroatoms. The Balaban J connectivity index is 1.94. The minimum atomic E-state index is -2.47. The summed E-state index contributed by atoms with van der Waals surface area (Å²) >= 11 is 0.458. The van der Waals surface area contributed by atoms with Crippen molar-refractivity contribution in [1.82, 2.24) is 9.80 Å². The zero-order valence-corrected chi connectivity index (χ0v) is 14.9. The number of nitrogens with zero attached hydrogens (tertiary/aromatic N) is 2. The van der Waals surface area contributed by atoms with Gasteiger partial charge in [0.15, 0.2) is 0 Å². The molecule has 1 saturated heterocycles. The van der Waals surface area contributed by atoms with E-state index < -0.39 is 11.2 Å². The summed E-state index contributed by atoms with van der Waals surface area (Å²) in [6.07, 6.45) is 0. The number of piperazine rings is 1. The molecule has 0 aromatic heterocycles. The molecule has 0 N–H and O–H groups in total. The Morgan fingerprint density at radius 3 is 1.96 bits per heavy atom. The van der Waals surface area contributed by atoms with Gasteiger partial charge in [0.1, 0.15) is 0 Å². The summed E-state index contributed by atoms with van der Waals surface area (Å²) in [5.74, 6) is -2.52. The summed E-state index contributed by atoms with van der Waals surface area (Å²) in [7, 11) is 0. The third kappa shape index (κ3) is 4.69. The van der Waals surface area contributed by atoms with Crippen molar-refractivity contribution in [3.05, 3.63) is 29.8 Å². The van der Waals surface area contributed by atoms with E-state index in [0.29, 0.717) is 48.4 Å². The number of hydrogen-bond donors (Lipinski definition) is 0. The van der Waals surface area contributed by atoms with E-state index in [1.54, 1.807) is 21.9 Å².